The molecule has 0 aliphatic carbocycles. The van der Waals surface area contributed by atoms with Gasteiger partial charge in [0.2, 0.25) is 0 Å². The smallest absolute Gasteiger partial charge is 0.112 e. The van der Waals surface area contributed by atoms with Crippen molar-refractivity contribution >= 4 is 29.1 Å². The van der Waals surface area contributed by atoms with Crippen molar-refractivity contribution in [2.24, 2.45) is 0 Å². The molecule has 2 aromatic rings. The lowest BCUT2D eigenvalue weighted by Gasteiger charge is -2.34. The fourth-order valence-corrected chi connectivity index (χ4v) is 4.23. The Morgan fingerprint density at radius 2 is 1.71 bits per heavy atom. The average Bonchev–Trinajstić information content (AvgIpc) is 2.62. The zero-order valence-corrected chi connectivity index (χ0v) is 15.3. The maximum absolute atomic E-state index is 10.3. The number of piperazine rings is 1. The molecule has 1 heterocycles. The van der Waals surface area contributed by atoms with Crippen LogP contribution in [0.5, 0.6) is 0 Å². The van der Waals surface area contributed by atoms with Gasteiger partial charge in [-0.3, -0.25) is 0 Å². The van der Waals surface area contributed by atoms with Gasteiger partial charge < -0.3 is 14.9 Å². The van der Waals surface area contributed by atoms with Crippen LogP contribution in [0.4, 0.5) is 5.69 Å². The number of rotatable bonds is 6. The van der Waals surface area contributed by atoms with Gasteiger partial charge in [-0.15, -0.1) is 11.8 Å². The molecule has 2 N–H and O–H groups in total. The highest BCUT2D eigenvalue weighted by Gasteiger charge is 2.22. The van der Waals surface area contributed by atoms with Gasteiger partial charge in [0.05, 0.1) is 31.2 Å². The van der Waals surface area contributed by atoms with E-state index in [4.69, 9.17) is 11.6 Å². The summed E-state index contributed by atoms with van der Waals surface area (Å²) in [7, 11) is 0. The van der Waals surface area contributed by atoms with Crippen molar-refractivity contribution in [3.8, 4) is 0 Å². The number of para-hydroxylation sites is 1. The van der Waals surface area contributed by atoms with E-state index in [-0.39, 0.29) is 6.10 Å². The highest BCUT2D eigenvalue weighted by molar-refractivity contribution is 7.99. The van der Waals surface area contributed by atoms with E-state index in [1.807, 2.05) is 24.3 Å². The molecule has 1 saturated heterocycles. The van der Waals surface area contributed by atoms with E-state index >= 15 is 0 Å². The molecule has 0 aromatic heterocycles. The number of benzene rings is 2. The van der Waals surface area contributed by atoms with Crippen LogP contribution in [0.3, 0.4) is 0 Å². The normalized spacial score (nSPS) is 17.0. The Morgan fingerprint density at radius 3 is 2.42 bits per heavy atom. The molecular weight excluding hydrogens is 340 g/mol. The average molecular weight is 364 g/mol. The summed E-state index contributed by atoms with van der Waals surface area (Å²) in [6, 6.07) is 18.4. The SMILES string of the molecule is O[C@@H](CSc1ccccc1Cl)C[NH+]1CCN(c2ccccc2)CC1. The first-order chi connectivity index (χ1) is 11.7. The number of anilines is 1. The lowest BCUT2D eigenvalue weighted by atomic mass is 10.2. The van der Waals surface area contributed by atoms with Gasteiger partial charge in [0.25, 0.3) is 0 Å². The van der Waals surface area contributed by atoms with Gasteiger partial charge in [-0.05, 0) is 24.3 Å². The van der Waals surface area contributed by atoms with Crippen molar-refractivity contribution in [3.05, 3.63) is 59.6 Å². The van der Waals surface area contributed by atoms with E-state index in [2.05, 4.69) is 35.2 Å². The molecule has 24 heavy (non-hydrogen) atoms. The maximum atomic E-state index is 10.3. The van der Waals surface area contributed by atoms with Crippen LogP contribution in [-0.4, -0.2) is 49.7 Å². The number of hydrogen-bond acceptors (Lipinski definition) is 3. The van der Waals surface area contributed by atoms with E-state index in [9.17, 15) is 5.11 Å². The highest BCUT2D eigenvalue weighted by atomic mass is 35.5. The lowest BCUT2D eigenvalue weighted by Crippen LogP contribution is -3.15. The lowest BCUT2D eigenvalue weighted by molar-refractivity contribution is -0.903. The van der Waals surface area contributed by atoms with Crippen LogP contribution >= 0.6 is 23.4 Å². The van der Waals surface area contributed by atoms with Crippen LogP contribution in [0.25, 0.3) is 0 Å². The number of hydrogen-bond donors (Lipinski definition) is 2. The van der Waals surface area contributed by atoms with Crippen LogP contribution in [0.2, 0.25) is 5.02 Å². The van der Waals surface area contributed by atoms with Crippen LogP contribution in [-0.2, 0) is 0 Å². The predicted molar refractivity (Wildman–Crippen MR) is 102 cm³/mol. The number of aliphatic hydroxyl groups excluding tert-OH is 1. The summed E-state index contributed by atoms with van der Waals surface area (Å²) in [6.45, 7) is 5.04. The summed E-state index contributed by atoms with van der Waals surface area (Å²) in [6.07, 6.45) is -0.301. The molecule has 128 valence electrons. The van der Waals surface area contributed by atoms with Crippen molar-refractivity contribution in [1.29, 1.82) is 0 Å². The van der Waals surface area contributed by atoms with Crippen LogP contribution < -0.4 is 9.80 Å². The molecule has 0 spiro atoms. The standard InChI is InChI=1S/C19H23ClN2OS/c20-18-8-4-5-9-19(18)24-15-17(23)14-21-10-12-22(13-11-21)16-6-2-1-3-7-16/h1-9,17,23H,10-15H2/p+1/t17-/m1/s1. The van der Waals surface area contributed by atoms with Crippen LogP contribution in [0.1, 0.15) is 0 Å². The summed E-state index contributed by atoms with van der Waals surface area (Å²) in [5.74, 6) is 0.690. The minimum Gasteiger partial charge on any atom is -0.386 e. The summed E-state index contributed by atoms with van der Waals surface area (Å²) in [5.41, 5.74) is 1.30. The Morgan fingerprint density at radius 1 is 1.04 bits per heavy atom. The van der Waals surface area contributed by atoms with Gasteiger partial charge in [-0.1, -0.05) is 41.9 Å². The Labute approximate surface area is 153 Å². The number of nitrogens with one attached hydrogen (secondary N) is 1. The van der Waals surface area contributed by atoms with Gasteiger partial charge in [0.15, 0.2) is 0 Å². The van der Waals surface area contributed by atoms with Crippen LogP contribution in [0.15, 0.2) is 59.5 Å². The Kier molecular flexibility index (Phi) is 6.44. The summed E-state index contributed by atoms with van der Waals surface area (Å²) in [4.78, 5) is 4.95. The minimum atomic E-state index is -0.301. The molecule has 1 atom stereocenters. The fourth-order valence-electron chi connectivity index (χ4n) is 3.06. The Balaban J connectivity index is 1.42. The molecule has 2 aromatic carbocycles. The van der Waals surface area contributed by atoms with Crippen LogP contribution in [0, 0.1) is 0 Å². The largest absolute Gasteiger partial charge is 0.386 e. The van der Waals surface area contributed by atoms with Gasteiger partial charge in [-0.25, -0.2) is 0 Å². The molecule has 3 rings (SSSR count). The summed E-state index contributed by atoms with van der Waals surface area (Å²) < 4.78 is 0. The quantitative estimate of drug-likeness (QED) is 0.771. The Hall–Kier alpha value is -1.20. The minimum absolute atomic E-state index is 0.301. The predicted octanol–water partition coefficient (Wildman–Crippen LogP) is 2.20. The second-order valence-corrected chi connectivity index (χ2v) is 7.64. The first kappa shape index (κ1) is 17.6. The molecule has 0 radical (unpaired) electrons. The van der Waals surface area contributed by atoms with Crippen molar-refractivity contribution < 1.29 is 10.0 Å². The van der Waals surface area contributed by atoms with Gasteiger partial charge in [-0.2, -0.15) is 0 Å². The molecule has 0 amide bonds. The van der Waals surface area contributed by atoms with Crippen molar-refractivity contribution in [3.63, 3.8) is 0 Å². The van der Waals surface area contributed by atoms with Gasteiger partial charge >= 0.3 is 0 Å². The molecular formula is C19H24ClN2OS+. The van der Waals surface area contributed by atoms with Crippen molar-refractivity contribution in [2.75, 3.05) is 43.4 Å². The first-order valence-electron chi connectivity index (χ1n) is 8.41. The zero-order valence-electron chi connectivity index (χ0n) is 13.7. The maximum Gasteiger partial charge on any atom is 0.112 e. The third-order valence-corrected chi connectivity index (χ3v) is 6.04. The first-order valence-corrected chi connectivity index (χ1v) is 9.77. The van der Waals surface area contributed by atoms with Gasteiger partial charge in [0, 0.05) is 16.3 Å². The third kappa shape index (κ3) is 4.90. The fraction of sp³-hybridized carbons (Fsp3) is 0.368. The van der Waals surface area contributed by atoms with E-state index in [1.165, 1.54) is 10.6 Å². The zero-order chi connectivity index (χ0) is 16.8. The molecule has 0 bridgehead atoms. The molecule has 1 aliphatic rings. The monoisotopic (exact) mass is 363 g/mol. The highest BCUT2D eigenvalue weighted by Crippen LogP contribution is 2.26. The number of thioether (sulfide) groups is 1. The number of aliphatic hydroxyl groups is 1. The second-order valence-electron chi connectivity index (χ2n) is 6.17. The van der Waals surface area contributed by atoms with Crippen molar-refractivity contribution in [2.45, 2.75) is 11.0 Å². The molecule has 1 aliphatic heterocycles. The summed E-state index contributed by atoms with van der Waals surface area (Å²) in [5, 5.41) is 11.1. The van der Waals surface area contributed by atoms with Gasteiger partial charge in [0.1, 0.15) is 12.6 Å². The summed E-state index contributed by atoms with van der Waals surface area (Å²) >= 11 is 7.80. The Bertz CT molecular complexity index is 632. The van der Waals surface area contributed by atoms with Crippen molar-refractivity contribution in [1.82, 2.24) is 0 Å². The van der Waals surface area contributed by atoms with E-state index in [0.717, 1.165) is 42.6 Å². The molecule has 5 heteroatoms. The van der Waals surface area contributed by atoms with E-state index in [0.29, 0.717) is 5.75 Å². The third-order valence-electron chi connectivity index (χ3n) is 4.38. The molecule has 1 fully saturated rings. The topological polar surface area (TPSA) is 27.9 Å². The number of quaternary nitrogens is 1. The molecule has 0 unspecified atom stereocenters. The molecule has 0 saturated carbocycles. The van der Waals surface area contributed by atoms with E-state index < -0.39 is 0 Å². The molecule has 3 nitrogen and oxygen atoms in total. The number of nitrogens with zero attached hydrogens (tertiary/aromatic N) is 1. The second kappa shape index (κ2) is 8.77. The number of halogens is 1. The van der Waals surface area contributed by atoms with E-state index in [1.54, 1.807) is 11.8 Å².